The lowest BCUT2D eigenvalue weighted by Gasteiger charge is -2.15. The highest BCUT2D eigenvalue weighted by molar-refractivity contribution is 5.75. The molecule has 0 heterocycles. The van der Waals surface area contributed by atoms with Gasteiger partial charge in [0.1, 0.15) is 0 Å². The van der Waals surface area contributed by atoms with Crippen molar-refractivity contribution >= 4 is 5.91 Å². The molecule has 132 valence electrons. The average Bonchev–Trinajstić information content (AvgIpc) is 2.51. The first-order chi connectivity index (χ1) is 10.7. The normalized spacial score (nSPS) is 10.9. The molecule has 1 N–H and O–H groups in total. The Hall–Kier alpha value is -0.570. The van der Waals surface area contributed by atoms with Gasteiger partial charge in [0, 0.05) is 20.0 Å². The Labute approximate surface area is 138 Å². The Morgan fingerprint density at radius 2 is 1.18 bits per heavy atom. The second-order valence-electron chi connectivity index (χ2n) is 6.53. The molecule has 3 nitrogen and oxygen atoms in total. The zero-order chi connectivity index (χ0) is 16.5. The molecule has 0 aromatic heterocycles. The zero-order valence-electron chi connectivity index (χ0n) is 15.1. The van der Waals surface area contributed by atoms with E-state index in [9.17, 15) is 4.79 Å². The van der Waals surface area contributed by atoms with Gasteiger partial charge < -0.3 is 10.0 Å². The molecule has 0 unspecified atom stereocenters. The zero-order valence-corrected chi connectivity index (χ0v) is 15.1. The van der Waals surface area contributed by atoms with E-state index in [1.165, 1.54) is 70.6 Å². The summed E-state index contributed by atoms with van der Waals surface area (Å²) in [5.74, 6) is 0.164. The first kappa shape index (κ1) is 21.4. The topological polar surface area (TPSA) is 40.5 Å². The lowest BCUT2D eigenvalue weighted by atomic mass is 10.0. The molecule has 0 spiro atoms. The number of unbranched alkanes of at least 4 members (excludes halogenated alkanes) is 12. The fraction of sp³-hybridized carbons (Fsp3) is 0.947. The van der Waals surface area contributed by atoms with E-state index in [2.05, 4.69) is 6.92 Å². The second kappa shape index (κ2) is 16.8. The fourth-order valence-electron chi connectivity index (χ4n) is 2.76. The number of rotatable bonds is 16. The highest BCUT2D eigenvalue weighted by Gasteiger charge is 2.06. The maximum Gasteiger partial charge on any atom is 0.222 e. The molecule has 0 aliphatic carbocycles. The first-order valence-corrected chi connectivity index (χ1v) is 9.57. The Kier molecular flexibility index (Phi) is 16.4. The van der Waals surface area contributed by atoms with Crippen molar-refractivity contribution in [1.82, 2.24) is 4.90 Å². The van der Waals surface area contributed by atoms with E-state index >= 15 is 0 Å². The van der Waals surface area contributed by atoms with E-state index in [0.717, 1.165) is 12.8 Å². The van der Waals surface area contributed by atoms with Crippen LogP contribution in [0.3, 0.4) is 0 Å². The lowest BCUT2D eigenvalue weighted by molar-refractivity contribution is -0.130. The number of aliphatic hydroxyl groups excluding tert-OH is 1. The van der Waals surface area contributed by atoms with Gasteiger partial charge in [-0.05, 0) is 6.42 Å². The maximum atomic E-state index is 11.6. The van der Waals surface area contributed by atoms with Crippen LogP contribution in [0.25, 0.3) is 0 Å². The van der Waals surface area contributed by atoms with Gasteiger partial charge in [-0.15, -0.1) is 0 Å². The highest BCUT2D eigenvalue weighted by Crippen LogP contribution is 2.13. The van der Waals surface area contributed by atoms with Gasteiger partial charge in [-0.2, -0.15) is 0 Å². The standard InChI is InChI=1S/C19H39NO2/c1-3-4-5-6-7-8-9-10-11-12-13-14-15-16-19(22)20(2)17-18-21/h21H,3-18H2,1-2H3. The monoisotopic (exact) mass is 313 g/mol. The molecule has 1 amide bonds. The van der Waals surface area contributed by atoms with E-state index in [1.807, 2.05) is 0 Å². The predicted molar refractivity (Wildman–Crippen MR) is 95.0 cm³/mol. The van der Waals surface area contributed by atoms with Crippen molar-refractivity contribution in [2.24, 2.45) is 0 Å². The Balaban J connectivity index is 3.16. The SMILES string of the molecule is CCCCCCCCCCCCCCCC(=O)N(C)CCO. The molecule has 0 aliphatic rings. The van der Waals surface area contributed by atoms with Crippen LogP contribution in [-0.4, -0.2) is 36.1 Å². The van der Waals surface area contributed by atoms with Gasteiger partial charge in [-0.25, -0.2) is 0 Å². The summed E-state index contributed by atoms with van der Waals surface area (Å²) in [5.41, 5.74) is 0. The minimum Gasteiger partial charge on any atom is -0.395 e. The van der Waals surface area contributed by atoms with Crippen LogP contribution in [0, 0.1) is 0 Å². The summed E-state index contributed by atoms with van der Waals surface area (Å²) in [5, 5.41) is 8.78. The van der Waals surface area contributed by atoms with Gasteiger partial charge in [0.25, 0.3) is 0 Å². The summed E-state index contributed by atoms with van der Waals surface area (Å²) >= 11 is 0. The number of amides is 1. The van der Waals surface area contributed by atoms with Gasteiger partial charge >= 0.3 is 0 Å². The minimum absolute atomic E-state index is 0.0564. The summed E-state index contributed by atoms with van der Waals surface area (Å²) in [6, 6.07) is 0. The third-order valence-corrected chi connectivity index (χ3v) is 4.36. The van der Waals surface area contributed by atoms with E-state index in [-0.39, 0.29) is 12.5 Å². The number of hydrogen-bond donors (Lipinski definition) is 1. The summed E-state index contributed by atoms with van der Waals surface area (Å²) in [6.45, 7) is 2.78. The average molecular weight is 314 g/mol. The van der Waals surface area contributed by atoms with Gasteiger partial charge in [0.05, 0.1) is 6.61 Å². The summed E-state index contributed by atoms with van der Waals surface area (Å²) in [7, 11) is 1.76. The van der Waals surface area contributed by atoms with Gasteiger partial charge in [-0.3, -0.25) is 4.79 Å². The van der Waals surface area contributed by atoms with E-state index in [0.29, 0.717) is 13.0 Å². The fourth-order valence-corrected chi connectivity index (χ4v) is 2.76. The van der Waals surface area contributed by atoms with Crippen molar-refractivity contribution in [3.63, 3.8) is 0 Å². The Morgan fingerprint density at radius 1 is 0.773 bits per heavy atom. The third-order valence-electron chi connectivity index (χ3n) is 4.36. The molecule has 0 fully saturated rings. The van der Waals surface area contributed by atoms with Crippen molar-refractivity contribution in [2.45, 2.75) is 96.8 Å². The van der Waals surface area contributed by atoms with Crippen molar-refractivity contribution < 1.29 is 9.90 Å². The third kappa shape index (κ3) is 14.4. The summed E-state index contributed by atoms with van der Waals surface area (Å²) < 4.78 is 0. The molecule has 3 heteroatoms. The number of likely N-dealkylation sites (N-methyl/N-ethyl adjacent to an activating group) is 1. The molecular formula is C19H39NO2. The minimum atomic E-state index is 0.0564. The van der Waals surface area contributed by atoms with Crippen LogP contribution in [0.15, 0.2) is 0 Å². The molecule has 0 saturated carbocycles. The molecule has 0 saturated heterocycles. The van der Waals surface area contributed by atoms with Crippen LogP contribution in [0.1, 0.15) is 96.8 Å². The van der Waals surface area contributed by atoms with Crippen molar-refractivity contribution in [3.05, 3.63) is 0 Å². The number of nitrogens with zero attached hydrogens (tertiary/aromatic N) is 1. The van der Waals surface area contributed by atoms with Gasteiger partial charge in [0.2, 0.25) is 5.91 Å². The predicted octanol–water partition coefficient (Wildman–Crippen LogP) is 4.92. The van der Waals surface area contributed by atoms with Crippen LogP contribution in [0.2, 0.25) is 0 Å². The molecule has 0 aliphatic heterocycles. The molecule has 0 radical (unpaired) electrons. The Morgan fingerprint density at radius 3 is 1.59 bits per heavy atom. The molecule has 0 bridgehead atoms. The maximum absolute atomic E-state index is 11.6. The van der Waals surface area contributed by atoms with Crippen LogP contribution < -0.4 is 0 Å². The summed E-state index contributed by atoms with van der Waals surface area (Å²) in [6.07, 6.45) is 17.9. The van der Waals surface area contributed by atoms with Crippen molar-refractivity contribution in [3.8, 4) is 0 Å². The molecule has 0 aromatic carbocycles. The molecular weight excluding hydrogens is 274 g/mol. The first-order valence-electron chi connectivity index (χ1n) is 9.57. The van der Waals surface area contributed by atoms with Gasteiger partial charge in [0.15, 0.2) is 0 Å². The Bertz CT molecular complexity index is 244. The number of carbonyl (C=O) groups excluding carboxylic acids is 1. The quantitative estimate of drug-likeness (QED) is 0.411. The van der Waals surface area contributed by atoms with Crippen LogP contribution in [0.4, 0.5) is 0 Å². The van der Waals surface area contributed by atoms with Gasteiger partial charge in [-0.1, -0.05) is 84.0 Å². The molecule has 0 aromatic rings. The summed E-state index contributed by atoms with van der Waals surface area (Å²) in [4.78, 5) is 13.3. The van der Waals surface area contributed by atoms with Crippen LogP contribution >= 0.6 is 0 Å². The van der Waals surface area contributed by atoms with E-state index in [4.69, 9.17) is 5.11 Å². The largest absolute Gasteiger partial charge is 0.395 e. The van der Waals surface area contributed by atoms with Crippen molar-refractivity contribution in [1.29, 1.82) is 0 Å². The number of aliphatic hydroxyl groups is 1. The molecule has 0 atom stereocenters. The van der Waals surface area contributed by atoms with Crippen molar-refractivity contribution in [2.75, 3.05) is 20.2 Å². The lowest BCUT2D eigenvalue weighted by Crippen LogP contribution is -2.29. The molecule has 0 rings (SSSR count). The van der Waals surface area contributed by atoms with Crippen LogP contribution in [0.5, 0.6) is 0 Å². The van der Waals surface area contributed by atoms with Crippen LogP contribution in [-0.2, 0) is 4.79 Å². The number of hydrogen-bond acceptors (Lipinski definition) is 2. The van der Waals surface area contributed by atoms with E-state index in [1.54, 1.807) is 11.9 Å². The smallest absolute Gasteiger partial charge is 0.222 e. The van der Waals surface area contributed by atoms with E-state index < -0.39 is 0 Å². The highest BCUT2D eigenvalue weighted by atomic mass is 16.3. The molecule has 22 heavy (non-hydrogen) atoms. The number of carbonyl (C=O) groups is 1. The second-order valence-corrected chi connectivity index (χ2v) is 6.53.